The van der Waals surface area contributed by atoms with Crippen molar-refractivity contribution in [2.24, 2.45) is 0 Å². The van der Waals surface area contributed by atoms with Gasteiger partial charge in [0.15, 0.2) is 0 Å². The smallest absolute Gasteiger partial charge is 0.147 e. The fraction of sp³-hybridized carbons (Fsp3) is 0.412. The van der Waals surface area contributed by atoms with Crippen LogP contribution in [-0.4, -0.2) is 72.6 Å². The van der Waals surface area contributed by atoms with E-state index < -0.39 is 29.8 Å². The number of nitrogens with zero attached hydrogens (tertiary/aromatic N) is 5. The molecule has 0 radical (unpaired) electrons. The molecule has 0 aromatic carbocycles. The van der Waals surface area contributed by atoms with Crippen LogP contribution in [0.5, 0.6) is 0 Å². The summed E-state index contributed by atoms with van der Waals surface area (Å²) in [5, 5.41) is 31.7. The first kappa shape index (κ1) is 22.1. The van der Waals surface area contributed by atoms with Crippen LogP contribution in [0.2, 0.25) is 5.15 Å². The average molecular weight is 535 g/mol. The van der Waals surface area contributed by atoms with E-state index in [1.54, 1.807) is 24.0 Å². The maximum Gasteiger partial charge on any atom is 0.147 e. The number of aliphatic hydroxyl groups is 2. The fourth-order valence-corrected chi connectivity index (χ4v) is 5.79. The lowest BCUT2D eigenvalue weighted by atomic mass is 9.97. The van der Waals surface area contributed by atoms with Gasteiger partial charge in [0.25, 0.3) is 0 Å². The Kier molecular flexibility index (Phi) is 7.05. The van der Waals surface area contributed by atoms with Gasteiger partial charge in [-0.15, -0.1) is 16.4 Å². The third kappa shape index (κ3) is 4.55. The Hall–Kier alpha value is -1.12. The molecule has 2 unspecified atom stereocenters. The molecule has 0 saturated carbocycles. The molecular formula is C17H17BrClN5O4S2. The van der Waals surface area contributed by atoms with Gasteiger partial charge in [0.1, 0.15) is 45.6 Å². The first-order chi connectivity index (χ1) is 14.5. The minimum Gasteiger partial charge on any atom is -0.394 e. The number of ether oxygens (including phenoxy) is 2. The van der Waals surface area contributed by atoms with Crippen molar-refractivity contribution in [3.63, 3.8) is 0 Å². The van der Waals surface area contributed by atoms with Crippen molar-refractivity contribution in [3.8, 4) is 10.7 Å². The highest BCUT2D eigenvalue weighted by molar-refractivity contribution is 9.10. The average Bonchev–Trinajstić information content (AvgIpc) is 3.37. The lowest BCUT2D eigenvalue weighted by molar-refractivity contribution is -0.186. The molecule has 160 valence electrons. The third-order valence-electron chi connectivity index (χ3n) is 4.54. The van der Waals surface area contributed by atoms with Crippen molar-refractivity contribution in [1.29, 1.82) is 0 Å². The summed E-state index contributed by atoms with van der Waals surface area (Å²) in [6.45, 7) is -0.356. The van der Waals surface area contributed by atoms with Crippen molar-refractivity contribution in [3.05, 3.63) is 39.7 Å². The highest BCUT2D eigenvalue weighted by Gasteiger charge is 2.47. The predicted molar refractivity (Wildman–Crippen MR) is 116 cm³/mol. The number of aliphatic hydroxyl groups excluding tert-OH is 2. The monoisotopic (exact) mass is 533 g/mol. The molecule has 1 aliphatic rings. The van der Waals surface area contributed by atoms with E-state index in [0.29, 0.717) is 15.9 Å². The third-order valence-corrected chi connectivity index (χ3v) is 7.27. The van der Waals surface area contributed by atoms with Gasteiger partial charge in [-0.25, -0.2) is 9.67 Å². The normalized spacial score (nSPS) is 26.8. The highest BCUT2D eigenvalue weighted by atomic mass is 79.9. The van der Waals surface area contributed by atoms with E-state index in [0.717, 1.165) is 9.37 Å². The van der Waals surface area contributed by atoms with Crippen LogP contribution < -0.4 is 0 Å². The number of pyridine rings is 1. The molecule has 0 bridgehead atoms. The van der Waals surface area contributed by atoms with Crippen LogP contribution in [0.15, 0.2) is 39.4 Å². The maximum absolute atomic E-state index is 10.9. The van der Waals surface area contributed by atoms with Crippen LogP contribution in [0.3, 0.4) is 0 Å². The Morgan fingerprint density at radius 1 is 1.43 bits per heavy atom. The molecule has 3 aromatic heterocycles. The van der Waals surface area contributed by atoms with Gasteiger partial charge < -0.3 is 19.7 Å². The first-order valence-electron chi connectivity index (χ1n) is 8.77. The second kappa shape index (κ2) is 9.57. The van der Waals surface area contributed by atoms with E-state index in [9.17, 15) is 10.2 Å². The zero-order valence-electron chi connectivity index (χ0n) is 15.5. The summed E-state index contributed by atoms with van der Waals surface area (Å²) in [5.41, 5.74) is -0.00000592. The molecule has 1 fully saturated rings. The second-order valence-electron chi connectivity index (χ2n) is 6.42. The molecule has 1 aliphatic heterocycles. The molecule has 2 N–H and O–H groups in total. The SMILES string of the molecule is COC1[C@@H](Sc2cncc(Br)c2)OC(CO)[C@H](O)[C@@H]1n1cc(-c2nc(Cl)cs2)nn1. The first-order valence-corrected chi connectivity index (χ1v) is 11.7. The number of halogens is 2. The van der Waals surface area contributed by atoms with Gasteiger partial charge in [0.2, 0.25) is 0 Å². The number of thioether (sulfide) groups is 1. The molecular weight excluding hydrogens is 518 g/mol. The Morgan fingerprint density at radius 3 is 2.93 bits per heavy atom. The highest BCUT2D eigenvalue weighted by Crippen LogP contribution is 2.40. The summed E-state index contributed by atoms with van der Waals surface area (Å²) in [7, 11) is 1.54. The molecule has 9 nitrogen and oxygen atoms in total. The summed E-state index contributed by atoms with van der Waals surface area (Å²) in [4.78, 5) is 9.21. The van der Waals surface area contributed by atoms with E-state index >= 15 is 0 Å². The minimum atomic E-state index is -1.06. The summed E-state index contributed by atoms with van der Waals surface area (Å²) < 4.78 is 14.0. The summed E-state index contributed by atoms with van der Waals surface area (Å²) >= 11 is 12.0. The number of rotatable bonds is 6. The molecule has 0 amide bonds. The van der Waals surface area contributed by atoms with Gasteiger partial charge in [-0.2, -0.15) is 0 Å². The van der Waals surface area contributed by atoms with E-state index in [4.69, 9.17) is 21.1 Å². The fourth-order valence-electron chi connectivity index (χ4n) is 3.19. The van der Waals surface area contributed by atoms with Gasteiger partial charge in [0.05, 0.1) is 12.8 Å². The Balaban J connectivity index is 1.65. The molecule has 30 heavy (non-hydrogen) atoms. The van der Waals surface area contributed by atoms with Crippen LogP contribution in [0.4, 0.5) is 0 Å². The van der Waals surface area contributed by atoms with Gasteiger partial charge in [-0.3, -0.25) is 4.98 Å². The molecule has 4 rings (SSSR count). The summed E-state index contributed by atoms with van der Waals surface area (Å²) in [6, 6.07) is 1.26. The van der Waals surface area contributed by atoms with E-state index in [2.05, 4.69) is 36.2 Å². The van der Waals surface area contributed by atoms with Crippen LogP contribution in [-0.2, 0) is 9.47 Å². The predicted octanol–water partition coefficient (Wildman–Crippen LogP) is 2.64. The maximum atomic E-state index is 10.9. The number of hydrogen-bond acceptors (Lipinski definition) is 10. The molecule has 0 spiro atoms. The quantitative estimate of drug-likeness (QED) is 0.492. The van der Waals surface area contributed by atoms with E-state index in [1.165, 1.54) is 34.9 Å². The second-order valence-corrected chi connectivity index (χ2v) is 9.76. The van der Waals surface area contributed by atoms with Crippen LogP contribution >= 0.6 is 50.6 Å². The van der Waals surface area contributed by atoms with Crippen molar-refractivity contribution < 1.29 is 19.7 Å². The van der Waals surface area contributed by atoms with Gasteiger partial charge in [-0.1, -0.05) is 28.6 Å². The minimum absolute atomic E-state index is 0.356. The largest absolute Gasteiger partial charge is 0.394 e. The Labute approximate surface area is 193 Å². The van der Waals surface area contributed by atoms with Crippen LogP contribution in [0.25, 0.3) is 10.7 Å². The molecule has 13 heteroatoms. The molecule has 3 aromatic rings. The lowest BCUT2D eigenvalue weighted by Crippen LogP contribution is -2.55. The van der Waals surface area contributed by atoms with Gasteiger partial charge >= 0.3 is 0 Å². The van der Waals surface area contributed by atoms with Gasteiger partial charge in [0, 0.05) is 34.3 Å². The van der Waals surface area contributed by atoms with Crippen molar-refractivity contribution in [1.82, 2.24) is 25.0 Å². The number of aromatic nitrogens is 5. The molecule has 5 atom stereocenters. The van der Waals surface area contributed by atoms with Crippen LogP contribution in [0.1, 0.15) is 6.04 Å². The van der Waals surface area contributed by atoms with Crippen molar-refractivity contribution in [2.45, 2.75) is 34.7 Å². The zero-order valence-corrected chi connectivity index (χ0v) is 19.5. The van der Waals surface area contributed by atoms with Gasteiger partial charge in [-0.05, 0) is 22.0 Å². The number of hydrogen-bond donors (Lipinski definition) is 2. The zero-order chi connectivity index (χ0) is 21.3. The Morgan fingerprint density at radius 2 is 2.27 bits per heavy atom. The topological polar surface area (TPSA) is 115 Å². The standard InChI is InChI=1S/C17H17BrClN5O4S2/c1-27-15-13(24-5-10(22-23-24)16-21-12(19)7-29-16)14(26)11(6-25)28-17(15)30-9-2-8(18)3-20-4-9/h2-5,7,11,13-15,17,25-26H,6H2,1H3/t11?,13-,14-,15?,17+/m0/s1. The molecule has 1 saturated heterocycles. The van der Waals surface area contributed by atoms with E-state index in [1.807, 2.05) is 6.07 Å². The lowest BCUT2D eigenvalue weighted by Gasteiger charge is -2.43. The van der Waals surface area contributed by atoms with Crippen molar-refractivity contribution >= 4 is 50.6 Å². The number of methoxy groups -OCH3 is 1. The molecule has 4 heterocycles. The summed E-state index contributed by atoms with van der Waals surface area (Å²) in [6.07, 6.45) is 2.61. The van der Waals surface area contributed by atoms with Crippen LogP contribution in [0, 0.1) is 0 Å². The van der Waals surface area contributed by atoms with Crippen molar-refractivity contribution in [2.75, 3.05) is 13.7 Å². The Bertz CT molecular complexity index is 1010. The van der Waals surface area contributed by atoms with E-state index in [-0.39, 0.29) is 6.61 Å². The number of thiazole rings is 1. The summed E-state index contributed by atoms with van der Waals surface area (Å²) in [5.74, 6) is 0. The molecule has 0 aliphatic carbocycles.